The molecule has 292 valence electrons. The maximum atomic E-state index is 13.6. The van der Waals surface area contributed by atoms with Gasteiger partial charge in [0.1, 0.15) is 6.10 Å². The van der Waals surface area contributed by atoms with Gasteiger partial charge >= 0.3 is 7.82 Å². The number of rotatable bonds is 35. The largest absolute Gasteiger partial charge is 0.473 e. The van der Waals surface area contributed by atoms with Crippen molar-refractivity contribution < 1.29 is 38.3 Å². The molecule has 0 saturated heterocycles. The summed E-state index contributed by atoms with van der Waals surface area (Å²) in [7, 11) is -4.97. The Hall–Kier alpha value is -2.23. The van der Waals surface area contributed by atoms with Crippen LogP contribution in [0.3, 0.4) is 0 Å². The Morgan fingerprint density at radius 3 is 1.41 bits per heavy atom. The maximum absolute atomic E-state index is 13.6. The topological polar surface area (TPSA) is 156 Å². The third kappa shape index (κ3) is 25.4. The summed E-state index contributed by atoms with van der Waals surface area (Å²) in [5.41, 5.74) is 2.69. The Kier molecular flexibility index (Phi) is 32.1. The average molecular weight is 736 g/mol. The average Bonchev–Trinajstić information content (AvgIpc) is 3.12. The van der Waals surface area contributed by atoms with Crippen LogP contribution in [-0.4, -0.2) is 58.1 Å². The standard InChI is InChI=1S/C41H70NO8P/c1-3-5-7-9-11-13-15-17-19-21-23-25-27-29-31-33-38(44)41(40(46)37-43,50-51(47,48)49-36-35-42)39(45)34-32-30-28-26-24-22-20-18-16-14-12-10-8-6-4-2/h5-8,11-14,17-20,40,43,46H,3-4,9-10,15-16,21-37,42H2,1-2H3,(H,47,48)/t40-,41?/m0/s1. The van der Waals surface area contributed by atoms with E-state index < -0.39 is 37.7 Å². The first-order valence-corrected chi connectivity index (χ1v) is 20.8. The van der Waals surface area contributed by atoms with Crippen LogP contribution in [0.4, 0.5) is 0 Å². The van der Waals surface area contributed by atoms with Crippen LogP contribution in [0.2, 0.25) is 0 Å². The van der Waals surface area contributed by atoms with Crippen LogP contribution in [0.25, 0.3) is 0 Å². The van der Waals surface area contributed by atoms with Gasteiger partial charge in [0.05, 0.1) is 13.2 Å². The Bertz CT molecular complexity index is 1050. The summed E-state index contributed by atoms with van der Waals surface area (Å²) < 4.78 is 22.9. The highest BCUT2D eigenvalue weighted by Crippen LogP contribution is 2.49. The minimum atomic E-state index is -4.97. The minimum Gasteiger partial charge on any atom is -0.394 e. The lowest BCUT2D eigenvalue weighted by molar-refractivity contribution is -0.164. The van der Waals surface area contributed by atoms with Gasteiger partial charge in [-0.05, 0) is 77.0 Å². The number of ketones is 2. The third-order valence-electron chi connectivity index (χ3n) is 8.21. The number of carbonyl (C=O) groups is 2. The molecule has 2 atom stereocenters. The zero-order valence-electron chi connectivity index (χ0n) is 31.7. The smallest absolute Gasteiger partial charge is 0.394 e. The molecular weight excluding hydrogens is 665 g/mol. The zero-order valence-corrected chi connectivity index (χ0v) is 32.6. The summed E-state index contributed by atoms with van der Waals surface area (Å²) in [6.45, 7) is 2.78. The van der Waals surface area contributed by atoms with Crippen molar-refractivity contribution in [3.8, 4) is 0 Å². The summed E-state index contributed by atoms with van der Waals surface area (Å²) in [6.07, 6.45) is 39.3. The normalized spacial score (nSPS) is 15.6. The van der Waals surface area contributed by atoms with E-state index in [9.17, 15) is 29.3 Å². The van der Waals surface area contributed by atoms with Crippen molar-refractivity contribution >= 4 is 19.4 Å². The number of aliphatic hydroxyl groups excluding tert-OH is 2. The van der Waals surface area contributed by atoms with Gasteiger partial charge in [0, 0.05) is 19.4 Å². The van der Waals surface area contributed by atoms with Gasteiger partial charge in [-0.25, -0.2) is 4.57 Å². The van der Waals surface area contributed by atoms with Crippen LogP contribution >= 0.6 is 7.82 Å². The molecule has 0 aromatic carbocycles. The van der Waals surface area contributed by atoms with Crippen molar-refractivity contribution in [2.24, 2.45) is 5.73 Å². The van der Waals surface area contributed by atoms with Gasteiger partial charge in [-0.2, -0.15) is 0 Å². The fourth-order valence-electron chi connectivity index (χ4n) is 5.38. The predicted molar refractivity (Wildman–Crippen MR) is 210 cm³/mol. The van der Waals surface area contributed by atoms with E-state index >= 15 is 0 Å². The molecule has 0 amide bonds. The van der Waals surface area contributed by atoms with Gasteiger partial charge in [-0.15, -0.1) is 0 Å². The molecule has 0 radical (unpaired) electrons. The fourth-order valence-corrected chi connectivity index (χ4v) is 6.45. The number of phosphoric ester groups is 1. The van der Waals surface area contributed by atoms with E-state index in [0.29, 0.717) is 25.7 Å². The Balaban J connectivity index is 4.93. The van der Waals surface area contributed by atoms with Crippen molar-refractivity contribution in [2.75, 3.05) is 19.8 Å². The molecule has 51 heavy (non-hydrogen) atoms. The summed E-state index contributed by atoms with van der Waals surface area (Å²) in [5.74, 6) is -1.67. The molecule has 1 unspecified atom stereocenters. The second-order valence-electron chi connectivity index (χ2n) is 12.7. The number of allylic oxidation sites excluding steroid dienone is 12. The minimum absolute atomic E-state index is 0.0983. The molecule has 9 nitrogen and oxygen atoms in total. The van der Waals surface area contributed by atoms with Crippen LogP contribution in [0, 0.1) is 0 Å². The maximum Gasteiger partial charge on any atom is 0.473 e. The molecule has 0 aliphatic rings. The number of aliphatic hydroxyl groups is 2. The summed E-state index contributed by atoms with van der Waals surface area (Å²) >= 11 is 0. The molecule has 0 fully saturated rings. The van der Waals surface area contributed by atoms with Gasteiger partial charge in [0.15, 0.2) is 11.6 Å². The van der Waals surface area contributed by atoms with E-state index in [1.165, 1.54) is 0 Å². The van der Waals surface area contributed by atoms with E-state index in [4.69, 9.17) is 14.8 Å². The first-order chi connectivity index (χ1) is 24.7. The van der Waals surface area contributed by atoms with Crippen molar-refractivity contribution in [3.05, 3.63) is 72.9 Å². The van der Waals surface area contributed by atoms with Crippen LogP contribution in [-0.2, 0) is 23.2 Å². The number of unbranched alkanes of at least 4 members (excludes halogenated alkanes) is 10. The Morgan fingerprint density at radius 1 is 0.647 bits per heavy atom. The van der Waals surface area contributed by atoms with Crippen LogP contribution in [0.15, 0.2) is 72.9 Å². The highest BCUT2D eigenvalue weighted by atomic mass is 31.2. The van der Waals surface area contributed by atoms with Crippen molar-refractivity contribution in [2.45, 2.75) is 154 Å². The first-order valence-electron chi connectivity index (χ1n) is 19.3. The number of carbonyl (C=O) groups excluding carboxylic acids is 2. The van der Waals surface area contributed by atoms with Gasteiger partial charge < -0.3 is 20.8 Å². The molecule has 0 aromatic heterocycles. The van der Waals surface area contributed by atoms with Crippen molar-refractivity contribution in [1.29, 1.82) is 0 Å². The number of phosphoric acid groups is 1. The summed E-state index contributed by atoms with van der Waals surface area (Å²) in [4.78, 5) is 37.5. The van der Waals surface area contributed by atoms with E-state index in [-0.39, 0.29) is 26.0 Å². The van der Waals surface area contributed by atoms with Gasteiger partial charge in [-0.3, -0.25) is 18.6 Å². The second kappa shape index (κ2) is 33.6. The Morgan fingerprint density at radius 2 is 1.02 bits per heavy atom. The lowest BCUT2D eigenvalue weighted by atomic mass is 9.82. The molecule has 0 aliphatic carbocycles. The molecule has 0 aliphatic heterocycles. The highest BCUT2D eigenvalue weighted by Gasteiger charge is 2.55. The van der Waals surface area contributed by atoms with Gasteiger partial charge in [-0.1, -0.05) is 125 Å². The van der Waals surface area contributed by atoms with Crippen LogP contribution in [0.5, 0.6) is 0 Å². The lowest BCUT2D eigenvalue weighted by Gasteiger charge is -2.35. The monoisotopic (exact) mass is 735 g/mol. The second-order valence-corrected chi connectivity index (χ2v) is 14.0. The number of Topliss-reactive ketones (excluding diaryl/α,β-unsaturated/α-hetero) is 2. The molecule has 0 heterocycles. The summed E-state index contributed by atoms with van der Waals surface area (Å²) in [6, 6.07) is 0. The number of hydrogen-bond acceptors (Lipinski definition) is 8. The first kappa shape index (κ1) is 48.8. The molecule has 10 heteroatoms. The predicted octanol–water partition coefficient (Wildman–Crippen LogP) is 9.49. The molecule has 0 aromatic rings. The molecule has 0 bridgehead atoms. The number of hydrogen-bond donors (Lipinski definition) is 4. The molecular formula is C41H70NO8P. The quantitative estimate of drug-likeness (QED) is 0.0215. The summed E-state index contributed by atoms with van der Waals surface area (Å²) in [5, 5.41) is 20.7. The molecule has 5 N–H and O–H groups in total. The molecule has 0 rings (SSSR count). The highest BCUT2D eigenvalue weighted by molar-refractivity contribution is 7.47. The third-order valence-corrected chi connectivity index (χ3v) is 9.24. The zero-order chi connectivity index (χ0) is 37.9. The van der Waals surface area contributed by atoms with Gasteiger partial charge in [0.2, 0.25) is 5.60 Å². The van der Waals surface area contributed by atoms with E-state index in [2.05, 4.69) is 86.8 Å². The fraction of sp³-hybridized carbons (Fsp3) is 0.659. The van der Waals surface area contributed by atoms with E-state index in [1.807, 2.05) is 0 Å². The van der Waals surface area contributed by atoms with Crippen molar-refractivity contribution in [1.82, 2.24) is 0 Å². The Labute approximate surface area is 309 Å². The van der Waals surface area contributed by atoms with E-state index in [1.54, 1.807) is 0 Å². The molecule has 0 spiro atoms. The van der Waals surface area contributed by atoms with Crippen molar-refractivity contribution in [3.63, 3.8) is 0 Å². The van der Waals surface area contributed by atoms with Crippen LogP contribution < -0.4 is 5.73 Å². The number of nitrogens with two attached hydrogens (primary N) is 1. The van der Waals surface area contributed by atoms with Crippen LogP contribution in [0.1, 0.15) is 142 Å². The lowest BCUT2D eigenvalue weighted by Crippen LogP contribution is -2.58. The van der Waals surface area contributed by atoms with Gasteiger partial charge in [0.25, 0.3) is 0 Å². The van der Waals surface area contributed by atoms with E-state index in [0.717, 1.165) is 89.9 Å². The SMILES string of the molecule is CCC=CCC=CCC=CCCCCCCCC(=O)C(OP(=O)(O)OCCN)(C(=O)CCCCCCCC=CCC=CCC=CCC)[C@@H](O)CO. The molecule has 0 saturated carbocycles.